The molecule has 0 aromatic heterocycles. The first-order chi connectivity index (χ1) is 8.50. The summed E-state index contributed by atoms with van der Waals surface area (Å²) in [5, 5.41) is 0. The van der Waals surface area contributed by atoms with Crippen LogP contribution in [0.3, 0.4) is 0 Å². The molecule has 0 amide bonds. The fourth-order valence-electron chi connectivity index (χ4n) is 1.63. The van der Waals surface area contributed by atoms with Gasteiger partial charge in [0.2, 0.25) is 0 Å². The van der Waals surface area contributed by atoms with Crippen molar-refractivity contribution in [2.24, 2.45) is 0 Å². The fourth-order valence-corrected chi connectivity index (χ4v) is 2.43. The van der Waals surface area contributed by atoms with E-state index in [-0.39, 0.29) is 4.90 Å². The van der Waals surface area contributed by atoms with E-state index in [4.69, 9.17) is 15.4 Å². The van der Waals surface area contributed by atoms with E-state index in [1.54, 1.807) is 13.2 Å². The highest BCUT2D eigenvalue weighted by Crippen LogP contribution is 2.26. The number of hydrogen-bond acceptors (Lipinski definition) is 3. The standard InChI is InChI=1S/C13H11ClO3S/c1-17-12-6-2-4-10(8-12)11-5-3-7-13(9-11)18(14,15)16/h2-9H,1H3. The van der Waals surface area contributed by atoms with Crippen LogP contribution in [0.15, 0.2) is 53.4 Å². The van der Waals surface area contributed by atoms with Crippen molar-refractivity contribution in [2.75, 3.05) is 7.11 Å². The number of halogens is 1. The van der Waals surface area contributed by atoms with Crippen molar-refractivity contribution in [2.45, 2.75) is 4.90 Å². The van der Waals surface area contributed by atoms with E-state index in [0.29, 0.717) is 5.75 Å². The van der Waals surface area contributed by atoms with Gasteiger partial charge in [0, 0.05) is 10.7 Å². The molecule has 2 aromatic carbocycles. The van der Waals surface area contributed by atoms with Crippen molar-refractivity contribution in [1.82, 2.24) is 0 Å². The number of ether oxygens (including phenoxy) is 1. The van der Waals surface area contributed by atoms with E-state index >= 15 is 0 Å². The summed E-state index contributed by atoms with van der Waals surface area (Å²) in [4.78, 5) is 0.0875. The molecule has 0 saturated carbocycles. The maximum atomic E-state index is 11.3. The summed E-state index contributed by atoms with van der Waals surface area (Å²) in [6.07, 6.45) is 0. The van der Waals surface area contributed by atoms with Crippen LogP contribution in [0, 0.1) is 0 Å². The Morgan fingerprint density at radius 3 is 2.22 bits per heavy atom. The van der Waals surface area contributed by atoms with Gasteiger partial charge in [-0.2, -0.15) is 0 Å². The molecular formula is C13H11ClO3S. The number of methoxy groups -OCH3 is 1. The van der Waals surface area contributed by atoms with Crippen LogP contribution in [-0.4, -0.2) is 15.5 Å². The Morgan fingerprint density at radius 1 is 1.00 bits per heavy atom. The van der Waals surface area contributed by atoms with Crippen molar-refractivity contribution < 1.29 is 13.2 Å². The highest BCUT2D eigenvalue weighted by atomic mass is 35.7. The summed E-state index contributed by atoms with van der Waals surface area (Å²) in [6, 6.07) is 13.9. The van der Waals surface area contributed by atoms with Crippen LogP contribution in [-0.2, 0) is 9.05 Å². The third kappa shape index (κ3) is 2.83. The van der Waals surface area contributed by atoms with Crippen LogP contribution in [0.2, 0.25) is 0 Å². The highest BCUT2D eigenvalue weighted by molar-refractivity contribution is 8.13. The van der Waals surface area contributed by atoms with E-state index in [1.165, 1.54) is 12.1 Å². The summed E-state index contributed by atoms with van der Waals surface area (Å²) >= 11 is 0. The number of rotatable bonds is 3. The maximum absolute atomic E-state index is 11.3. The predicted molar refractivity (Wildman–Crippen MR) is 71.5 cm³/mol. The second kappa shape index (κ2) is 5.00. The quantitative estimate of drug-likeness (QED) is 0.812. The predicted octanol–water partition coefficient (Wildman–Crippen LogP) is 3.29. The fraction of sp³-hybridized carbons (Fsp3) is 0.0769. The molecule has 0 spiro atoms. The number of benzene rings is 2. The van der Waals surface area contributed by atoms with Gasteiger partial charge in [-0.05, 0) is 35.4 Å². The molecule has 94 valence electrons. The molecule has 0 aliphatic heterocycles. The van der Waals surface area contributed by atoms with Gasteiger partial charge in [-0.25, -0.2) is 8.42 Å². The summed E-state index contributed by atoms with van der Waals surface area (Å²) in [6.45, 7) is 0. The zero-order valence-corrected chi connectivity index (χ0v) is 11.2. The molecule has 0 radical (unpaired) electrons. The molecule has 2 rings (SSSR count). The molecule has 0 aliphatic carbocycles. The van der Waals surface area contributed by atoms with Crippen LogP contribution in [0.4, 0.5) is 0 Å². The Hall–Kier alpha value is -1.52. The lowest BCUT2D eigenvalue weighted by molar-refractivity contribution is 0.415. The zero-order chi connectivity index (χ0) is 13.2. The van der Waals surface area contributed by atoms with Crippen LogP contribution in [0.5, 0.6) is 5.75 Å². The monoisotopic (exact) mass is 282 g/mol. The smallest absolute Gasteiger partial charge is 0.261 e. The molecule has 0 fully saturated rings. The number of hydrogen-bond donors (Lipinski definition) is 0. The Morgan fingerprint density at radius 2 is 1.61 bits per heavy atom. The van der Waals surface area contributed by atoms with Crippen LogP contribution in [0.1, 0.15) is 0 Å². The van der Waals surface area contributed by atoms with E-state index in [9.17, 15) is 8.42 Å². The molecule has 0 aliphatic rings. The molecule has 0 unspecified atom stereocenters. The van der Waals surface area contributed by atoms with Gasteiger partial charge in [-0.15, -0.1) is 0 Å². The van der Waals surface area contributed by atoms with Crippen molar-refractivity contribution >= 4 is 19.7 Å². The van der Waals surface area contributed by atoms with Gasteiger partial charge in [-0.1, -0.05) is 24.3 Å². The molecule has 3 nitrogen and oxygen atoms in total. The second-order valence-corrected chi connectivity index (χ2v) is 6.26. The van der Waals surface area contributed by atoms with Gasteiger partial charge in [-0.3, -0.25) is 0 Å². The van der Waals surface area contributed by atoms with Gasteiger partial charge < -0.3 is 4.74 Å². The third-order valence-electron chi connectivity index (χ3n) is 2.52. The third-order valence-corrected chi connectivity index (χ3v) is 3.87. The summed E-state index contributed by atoms with van der Waals surface area (Å²) in [5.41, 5.74) is 1.65. The summed E-state index contributed by atoms with van der Waals surface area (Å²) in [5.74, 6) is 0.714. The summed E-state index contributed by atoms with van der Waals surface area (Å²) in [7, 11) is 3.20. The van der Waals surface area contributed by atoms with Crippen LogP contribution in [0.25, 0.3) is 11.1 Å². The minimum absolute atomic E-state index is 0.0875. The zero-order valence-electron chi connectivity index (χ0n) is 9.63. The average Bonchev–Trinajstić information content (AvgIpc) is 2.38. The van der Waals surface area contributed by atoms with Gasteiger partial charge in [0.05, 0.1) is 12.0 Å². The lowest BCUT2D eigenvalue weighted by Crippen LogP contribution is -1.91. The lowest BCUT2D eigenvalue weighted by atomic mass is 10.1. The van der Waals surface area contributed by atoms with Crippen molar-refractivity contribution in [3.8, 4) is 16.9 Å². The van der Waals surface area contributed by atoms with E-state index in [0.717, 1.165) is 11.1 Å². The van der Waals surface area contributed by atoms with Crippen LogP contribution < -0.4 is 4.74 Å². The van der Waals surface area contributed by atoms with Gasteiger partial charge in [0.15, 0.2) is 0 Å². The second-order valence-electron chi connectivity index (χ2n) is 3.70. The molecule has 0 N–H and O–H groups in total. The lowest BCUT2D eigenvalue weighted by Gasteiger charge is -2.05. The van der Waals surface area contributed by atoms with Gasteiger partial charge in [0.25, 0.3) is 9.05 Å². The first-order valence-electron chi connectivity index (χ1n) is 5.20. The molecule has 0 saturated heterocycles. The summed E-state index contributed by atoms with van der Waals surface area (Å²) < 4.78 is 27.7. The Labute approximate surface area is 110 Å². The Balaban J connectivity index is 2.51. The van der Waals surface area contributed by atoms with E-state index < -0.39 is 9.05 Å². The van der Waals surface area contributed by atoms with Crippen molar-refractivity contribution in [3.05, 3.63) is 48.5 Å². The van der Waals surface area contributed by atoms with Gasteiger partial charge >= 0.3 is 0 Å². The molecule has 0 heterocycles. The van der Waals surface area contributed by atoms with Crippen molar-refractivity contribution in [1.29, 1.82) is 0 Å². The van der Waals surface area contributed by atoms with Crippen molar-refractivity contribution in [3.63, 3.8) is 0 Å². The molecule has 0 bridgehead atoms. The normalized spacial score (nSPS) is 11.2. The highest BCUT2D eigenvalue weighted by Gasteiger charge is 2.10. The average molecular weight is 283 g/mol. The minimum Gasteiger partial charge on any atom is -0.497 e. The Kier molecular flexibility index (Phi) is 3.59. The first-order valence-corrected chi connectivity index (χ1v) is 7.51. The molecule has 0 atom stereocenters. The maximum Gasteiger partial charge on any atom is 0.261 e. The topological polar surface area (TPSA) is 43.4 Å². The minimum atomic E-state index is -3.71. The van der Waals surface area contributed by atoms with E-state index in [2.05, 4.69) is 0 Å². The first kappa shape index (κ1) is 12.9. The van der Waals surface area contributed by atoms with Crippen LogP contribution >= 0.6 is 10.7 Å². The SMILES string of the molecule is COc1cccc(-c2cccc(S(=O)(=O)Cl)c2)c1. The molecular weight excluding hydrogens is 272 g/mol. The Bertz CT molecular complexity index is 665. The largest absolute Gasteiger partial charge is 0.497 e. The molecule has 2 aromatic rings. The molecule has 18 heavy (non-hydrogen) atoms. The molecule has 5 heteroatoms. The van der Waals surface area contributed by atoms with E-state index in [1.807, 2.05) is 30.3 Å². The van der Waals surface area contributed by atoms with Gasteiger partial charge in [0.1, 0.15) is 5.75 Å².